The topological polar surface area (TPSA) is 78.3 Å². The van der Waals surface area contributed by atoms with Gasteiger partial charge in [-0.2, -0.15) is 18.2 Å². The normalized spacial score (nSPS) is 11.2. The number of halogens is 3. The van der Waals surface area contributed by atoms with Gasteiger partial charge in [-0.15, -0.1) is 5.10 Å². The molecule has 4 aromatic rings. The Morgan fingerprint density at radius 3 is 2.39 bits per heavy atom. The fraction of sp³-hybridized carbons (Fsp3) is 0.192. The van der Waals surface area contributed by atoms with Crippen molar-refractivity contribution in [1.29, 1.82) is 0 Å². The summed E-state index contributed by atoms with van der Waals surface area (Å²) in [5.74, 6) is 0.706. The molecule has 0 atom stereocenters. The quantitative estimate of drug-likeness (QED) is 0.347. The van der Waals surface area contributed by atoms with Gasteiger partial charge in [0.1, 0.15) is 5.75 Å². The van der Waals surface area contributed by atoms with Crippen molar-refractivity contribution in [2.24, 2.45) is 0 Å². The van der Waals surface area contributed by atoms with Crippen LogP contribution in [0.1, 0.15) is 18.1 Å². The monoisotopic (exact) mass is 496 g/mol. The average Bonchev–Trinajstić information content (AvgIpc) is 3.29. The highest BCUT2D eigenvalue weighted by molar-refractivity contribution is 5.92. The lowest BCUT2D eigenvalue weighted by Crippen LogP contribution is -2.14. The molecule has 0 aliphatic heterocycles. The van der Waals surface area contributed by atoms with Crippen molar-refractivity contribution < 1.29 is 27.4 Å². The summed E-state index contributed by atoms with van der Waals surface area (Å²) in [4.78, 5) is 16.7. The van der Waals surface area contributed by atoms with Crippen molar-refractivity contribution in [3.05, 3.63) is 83.9 Å². The third kappa shape index (κ3) is 5.83. The predicted octanol–water partition coefficient (Wildman–Crippen LogP) is 5.54. The van der Waals surface area contributed by atoms with Crippen molar-refractivity contribution in [2.75, 3.05) is 19.0 Å². The molecule has 0 unspecified atom stereocenters. The molecule has 0 fully saturated rings. The van der Waals surface area contributed by atoms with Gasteiger partial charge in [0.05, 0.1) is 31.4 Å². The van der Waals surface area contributed by atoms with Crippen LogP contribution in [-0.4, -0.2) is 34.4 Å². The first kappa shape index (κ1) is 24.8. The van der Waals surface area contributed by atoms with E-state index in [0.717, 1.165) is 17.7 Å². The lowest BCUT2D eigenvalue weighted by Gasteiger charge is -2.10. The van der Waals surface area contributed by atoms with Crippen LogP contribution in [0.5, 0.6) is 11.8 Å². The number of hydrogen-bond acceptors (Lipinski definition) is 5. The van der Waals surface area contributed by atoms with Gasteiger partial charge in [0.15, 0.2) is 5.82 Å². The molecule has 186 valence electrons. The van der Waals surface area contributed by atoms with Gasteiger partial charge in [0.25, 0.3) is 0 Å². The number of rotatable bonds is 8. The summed E-state index contributed by atoms with van der Waals surface area (Å²) < 4.78 is 51.6. The summed E-state index contributed by atoms with van der Waals surface area (Å²) in [5, 5.41) is 7.13. The number of carbonyl (C=O) groups is 1. The largest absolute Gasteiger partial charge is 0.497 e. The second-order valence-corrected chi connectivity index (χ2v) is 7.76. The van der Waals surface area contributed by atoms with E-state index in [1.54, 1.807) is 50.4 Å². The Labute approximate surface area is 205 Å². The summed E-state index contributed by atoms with van der Waals surface area (Å²) in [6, 6.07) is 18.8. The molecule has 0 spiro atoms. The number of benzene rings is 3. The summed E-state index contributed by atoms with van der Waals surface area (Å²) in [6.45, 7) is 2.05. The average molecular weight is 496 g/mol. The van der Waals surface area contributed by atoms with Crippen molar-refractivity contribution in [3.63, 3.8) is 0 Å². The van der Waals surface area contributed by atoms with E-state index in [1.807, 2.05) is 12.1 Å². The summed E-state index contributed by atoms with van der Waals surface area (Å²) in [5.41, 5.74) is 1.38. The minimum Gasteiger partial charge on any atom is -0.497 e. The Kier molecular flexibility index (Phi) is 7.23. The highest BCUT2D eigenvalue weighted by Crippen LogP contribution is 2.33. The number of ether oxygens (including phenoxy) is 2. The Morgan fingerprint density at radius 1 is 1.03 bits per heavy atom. The third-order valence-electron chi connectivity index (χ3n) is 5.23. The number of nitrogens with one attached hydrogen (secondary N) is 1. The third-order valence-corrected chi connectivity index (χ3v) is 5.23. The van der Waals surface area contributed by atoms with Crippen molar-refractivity contribution in [2.45, 2.75) is 19.5 Å². The Morgan fingerprint density at radius 2 is 1.75 bits per heavy atom. The molecule has 0 aliphatic rings. The molecule has 1 aromatic heterocycles. The van der Waals surface area contributed by atoms with E-state index < -0.39 is 11.7 Å². The minimum atomic E-state index is -4.49. The zero-order valence-electron chi connectivity index (χ0n) is 19.5. The fourth-order valence-corrected chi connectivity index (χ4v) is 3.50. The van der Waals surface area contributed by atoms with Crippen LogP contribution < -0.4 is 14.8 Å². The summed E-state index contributed by atoms with van der Waals surface area (Å²) >= 11 is 0. The van der Waals surface area contributed by atoms with Gasteiger partial charge in [-0.05, 0) is 61.0 Å². The van der Waals surface area contributed by atoms with Crippen LogP contribution in [0.2, 0.25) is 0 Å². The fourth-order valence-electron chi connectivity index (χ4n) is 3.50. The zero-order valence-corrected chi connectivity index (χ0v) is 19.5. The van der Waals surface area contributed by atoms with E-state index in [0.29, 0.717) is 23.7 Å². The van der Waals surface area contributed by atoms with E-state index in [9.17, 15) is 18.0 Å². The zero-order chi connectivity index (χ0) is 25.7. The number of methoxy groups -OCH3 is 1. The second kappa shape index (κ2) is 10.5. The Balaban J connectivity index is 1.55. The van der Waals surface area contributed by atoms with Gasteiger partial charge in [-0.3, -0.25) is 4.79 Å². The number of amides is 1. The van der Waals surface area contributed by atoms with Gasteiger partial charge in [0.2, 0.25) is 5.91 Å². The van der Waals surface area contributed by atoms with Crippen LogP contribution in [0, 0.1) is 0 Å². The number of alkyl halides is 3. The first-order valence-electron chi connectivity index (χ1n) is 11.1. The molecule has 0 saturated heterocycles. The van der Waals surface area contributed by atoms with Crippen LogP contribution in [0.15, 0.2) is 72.8 Å². The van der Waals surface area contributed by atoms with E-state index in [-0.39, 0.29) is 29.7 Å². The molecule has 3 aromatic carbocycles. The first-order chi connectivity index (χ1) is 17.3. The van der Waals surface area contributed by atoms with Crippen LogP contribution in [0.3, 0.4) is 0 Å². The highest BCUT2D eigenvalue weighted by atomic mass is 19.4. The minimum absolute atomic E-state index is 0.0433. The molecule has 7 nitrogen and oxygen atoms in total. The molecular formula is C26H23F3N4O3. The molecule has 0 aliphatic carbocycles. The second-order valence-electron chi connectivity index (χ2n) is 7.76. The number of anilines is 1. The van der Waals surface area contributed by atoms with Gasteiger partial charge >= 0.3 is 12.2 Å². The lowest BCUT2D eigenvalue weighted by atomic mass is 10.1. The molecule has 1 heterocycles. The number of aromatic nitrogens is 3. The summed E-state index contributed by atoms with van der Waals surface area (Å²) in [7, 11) is 1.57. The molecule has 1 N–H and O–H groups in total. The van der Waals surface area contributed by atoms with Crippen molar-refractivity contribution in [1.82, 2.24) is 14.8 Å². The van der Waals surface area contributed by atoms with Gasteiger partial charge in [-0.1, -0.05) is 24.3 Å². The van der Waals surface area contributed by atoms with Crippen LogP contribution >= 0.6 is 0 Å². The molecular weight excluding hydrogens is 473 g/mol. The Hall–Kier alpha value is -4.34. The lowest BCUT2D eigenvalue weighted by molar-refractivity contribution is -0.137. The number of carbonyl (C=O) groups excluding carboxylic acids is 1. The van der Waals surface area contributed by atoms with Gasteiger partial charge in [0, 0.05) is 11.3 Å². The molecule has 0 saturated carbocycles. The predicted molar refractivity (Wildman–Crippen MR) is 128 cm³/mol. The van der Waals surface area contributed by atoms with E-state index in [1.165, 1.54) is 16.8 Å². The molecule has 10 heteroatoms. The maximum atomic E-state index is 13.2. The van der Waals surface area contributed by atoms with Gasteiger partial charge < -0.3 is 14.8 Å². The van der Waals surface area contributed by atoms with Crippen molar-refractivity contribution in [3.8, 4) is 28.8 Å². The highest BCUT2D eigenvalue weighted by Gasteiger charge is 2.31. The van der Waals surface area contributed by atoms with Crippen LogP contribution in [-0.2, 0) is 17.4 Å². The molecule has 0 radical (unpaired) electrons. The first-order valence-corrected chi connectivity index (χ1v) is 11.1. The maximum absolute atomic E-state index is 13.2. The molecule has 0 bridgehead atoms. The number of hydrogen-bond donors (Lipinski definition) is 1. The standard InChI is InChI=1S/C26H23F3N4O3/c1-3-36-25-31-24(18-5-4-6-19(16-18)26(27,28)29)33(32-25)21-11-9-20(10-12-21)30-23(34)15-17-7-13-22(35-2)14-8-17/h4-14,16H,3,15H2,1-2H3,(H,30,34). The molecule has 1 amide bonds. The van der Waals surface area contributed by atoms with Gasteiger partial charge in [-0.25, -0.2) is 4.68 Å². The maximum Gasteiger partial charge on any atom is 0.416 e. The number of nitrogens with zero attached hydrogens (tertiary/aromatic N) is 3. The van der Waals surface area contributed by atoms with Crippen LogP contribution in [0.4, 0.5) is 18.9 Å². The van der Waals surface area contributed by atoms with E-state index in [4.69, 9.17) is 9.47 Å². The van der Waals surface area contributed by atoms with Crippen molar-refractivity contribution >= 4 is 11.6 Å². The Bertz CT molecular complexity index is 1330. The van der Waals surface area contributed by atoms with E-state index >= 15 is 0 Å². The molecule has 4 rings (SSSR count). The van der Waals surface area contributed by atoms with Crippen LogP contribution in [0.25, 0.3) is 17.1 Å². The van der Waals surface area contributed by atoms with E-state index in [2.05, 4.69) is 15.4 Å². The summed E-state index contributed by atoms with van der Waals surface area (Å²) in [6.07, 6.45) is -4.30. The molecule has 36 heavy (non-hydrogen) atoms. The smallest absolute Gasteiger partial charge is 0.416 e. The SMILES string of the molecule is CCOc1nc(-c2cccc(C(F)(F)F)c2)n(-c2ccc(NC(=O)Cc3ccc(OC)cc3)cc2)n1.